The Morgan fingerprint density at radius 1 is 1.05 bits per heavy atom. The van der Waals surface area contributed by atoms with Gasteiger partial charge in [-0.2, -0.15) is 0 Å². The van der Waals surface area contributed by atoms with Crippen molar-refractivity contribution in [2.24, 2.45) is 5.73 Å². The molecule has 1 aliphatic rings. The molecule has 1 fully saturated rings. The minimum Gasteiger partial charge on any atom is -0.327 e. The first-order valence-corrected chi connectivity index (χ1v) is 7.64. The fourth-order valence-electron chi connectivity index (χ4n) is 3.31. The zero-order valence-electron chi connectivity index (χ0n) is 11.6. The lowest BCUT2D eigenvalue weighted by Gasteiger charge is -2.47. The first-order chi connectivity index (χ1) is 9.71. The van der Waals surface area contributed by atoms with E-state index in [0.717, 1.165) is 11.4 Å². The van der Waals surface area contributed by atoms with E-state index in [1.165, 1.54) is 30.4 Å². The Balaban J connectivity index is 1.83. The summed E-state index contributed by atoms with van der Waals surface area (Å²) in [6.45, 7) is 0. The average molecular weight is 286 g/mol. The molecule has 20 heavy (non-hydrogen) atoms. The lowest BCUT2D eigenvalue weighted by Crippen LogP contribution is -2.51. The van der Waals surface area contributed by atoms with Crippen molar-refractivity contribution in [1.82, 2.24) is 0 Å². The summed E-state index contributed by atoms with van der Waals surface area (Å²) < 4.78 is 0. The van der Waals surface area contributed by atoms with Crippen molar-refractivity contribution in [3.05, 3.63) is 70.7 Å². The van der Waals surface area contributed by atoms with Gasteiger partial charge < -0.3 is 5.73 Å². The van der Waals surface area contributed by atoms with E-state index in [1.807, 2.05) is 18.2 Å². The van der Waals surface area contributed by atoms with Crippen LogP contribution in [0.1, 0.15) is 30.4 Å². The highest BCUT2D eigenvalue weighted by atomic mass is 35.5. The van der Waals surface area contributed by atoms with Gasteiger partial charge >= 0.3 is 0 Å². The SMILES string of the molecule is NC(Cc1cccc(Cl)c1)C1(c2ccccc2)CCC1. The van der Waals surface area contributed by atoms with Gasteiger partial charge in [0.15, 0.2) is 0 Å². The molecule has 1 nitrogen and oxygen atoms in total. The van der Waals surface area contributed by atoms with Crippen molar-refractivity contribution in [2.75, 3.05) is 0 Å². The number of nitrogens with two attached hydrogens (primary N) is 1. The van der Waals surface area contributed by atoms with Crippen LogP contribution in [-0.2, 0) is 11.8 Å². The molecule has 0 bridgehead atoms. The Morgan fingerprint density at radius 3 is 2.40 bits per heavy atom. The van der Waals surface area contributed by atoms with E-state index in [9.17, 15) is 0 Å². The molecular formula is C18H20ClN. The van der Waals surface area contributed by atoms with E-state index >= 15 is 0 Å². The van der Waals surface area contributed by atoms with Crippen LogP contribution < -0.4 is 5.73 Å². The average Bonchev–Trinajstić information content (AvgIpc) is 2.38. The molecule has 3 rings (SSSR count). The lowest BCUT2D eigenvalue weighted by atomic mass is 9.59. The summed E-state index contributed by atoms with van der Waals surface area (Å²) in [4.78, 5) is 0. The van der Waals surface area contributed by atoms with Crippen molar-refractivity contribution < 1.29 is 0 Å². The summed E-state index contributed by atoms with van der Waals surface area (Å²) in [7, 11) is 0. The Hall–Kier alpha value is -1.31. The summed E-state index contributed by atoms with van der Waals surface area (Å²) in [6, 6.07) is 18.9. The molecule has 1 saturated carbocycles. The Labute approximate surface area is 125 Å². The molecule has 1 aliphatic carbocycles. The fraction of sp³-hybridized carbons (Fsp3) is 0.333. The minimum absolute atomic E-state index is 0.150. The van der Waals surface area contributed by atoms with Crippen molar-refractivity contribution in [3.8, 4) is 0 Å². The Morgan fingerprint density at radius 2 is 1.80 bits per heavy atom. The number of halogens is 1. The number of rotatable bonds is 4. The molecule has 2 N–H and O–H groups in total. The second-order valence-corrected chi connectivity index (χ2v) is 6.25. The van der Waals surface area contributed by atoms with Crippen LogP contribution in [0.25, 0.3) is 0 Å². The molecule has 0 saturated heterocycles. The zero-order chi connectivity index (χ0) is 14.0. The molecule has 1 unspecified atom stereocenters. The lowest BCUT2D eigenvalue weighted by molar-refractivity contribution is 0.194. The van der Waals surface area contributed by atoms with Gasteiger partial charge in [-0.05, 0) is 42.5 Å². The van der Waals surface area contributed by atoms with Crippen LogP contribution in [0, 0.1) is 0 Å². The summed E-state index contributed by atoms with van der Waals surface area (Å²) in [5.41, 5.74) is 9.36. The Bertz CT molecular complexity index is 575. The first-order valence-electron chi connectivity index (χ1n) is 7.26. The molecule has 2 aromatic rings. The number of hydrogen-bond acceptors (Lipinski definition) is 1. The van der Waals surface area contributed by atoms with Gasteiger partial charge in [-0.1, -0.05) is 60.5 Å². The molecule has 0 radical (unpaired) electrons. The van der Waals surface area contributed by atoms with Crippen LogP contribution in [0.2, 0.25) is 5.02 Å². The van der Waals surface area contributed by atoms with Gasteiger partial charge in [-0.3, -0.25) is 0 Å². The van der Waals surface area contributed by atoms with E-state index in [2.05, 4.69) is 36.4 Å². The van der Waals surface area contributed by atoms with E-state index < -0.39 is 0 Å². The summed E-state index contributed by atoms with van der Waals surface area (Å²) in [6.07, 6.45) is 4.55. The predicted octanol–water partition coefficient (Wildman–Crippen LogP) is 4.33. The molecule has 104 valence electrons. The number of hydrogen-bond donors (Lipinski definition) is 1. The van der Waals surface area contributed by atoms with Gasteiger partial charge in [0.25, 0.3) is 0 Å². The molecule has 2 aromatic carbocycles. The van der Waals surface area contributed by atoms with Crippen LogP contribution >= 0.6 is 11.6 Å². The molecule has 0 heterocycles. The van der Waals surface area contributed by atoms with Crippen molar-refractivity contribution in [2.45, 2.75) is 37.1 Å². The first kappa shape index (κ1) is 13.7. The van der Waals surface area contributed by atoms with Gasteiger partial charge in [0.2, 0.25) is 0 Å². The van der Waals surface area contributed by atoms with Crippen LogP contribution in [0.15, 0.2) is 54.6 Å². The summed E-state index contributed by atoms with van der Waals surface area (Å²) in [5, 5.41) is 0.789. The molecule has 0 aromatic heterocycles. The topological polar surface area (TPSA) is 26.0 Å². The summed E-state index contributed by atoms with van der Waals surface area (Å²) >= 11 is 6.07. The monoisotopic (exact) mass is 285 g/mol. The van der Waals surface area contributed by atoms with Crippen molar-refractivity contribution in [3.63, 3.8) is 0 Å². The molecule has 0 spiro atoms. The largest absolute Gasteiger partial charge is 0.327 e. The third kappa shape index (κ3) is 2.48. The van der Waals surface area contributed by atoms with Gasteiger partial charge in [-0.25, -0.2) is 0 Å². The van der Waals surface area contributed by atoms with E-state index in [4.69, 9.17) is 17.3 Å². The summed E-state index contributed by atoms with van der Waals surface area (Å²) in [5.74, 6) is 0. The van der Waals surface area contributed by atoms with Gasteiger partial charge in [0.05, 0.1) is 0 Å². The van der Waals surface area contributed by atoms with E-state index in [-0.39, 0.29) is 11.5 Å². The quantitative estimate of drug-likeness (QED) is 0.889. The molecule has 0 amide bonds. The number of benzene rings is 2. The highest BCUT2D eigenvalue weighted by molar-refractivity contribution is 6.30. The fourth-order valence-corrected chi connectivity index (χ4v) is 3.53. The molecule has 0 aliphatic heterocycles. The molecule has 2 heteroatoms. The smallest absolute Gasteiger partial charge is 0.0408 e. The standard InChI is InChI=1S/C18H20ClN/c19-16-9-4-6-14(12-16)13-17(20)18(10-5-11-18)15-7-2-1-3-8-15/h1-4,6-9,12,17H,5,10-11,13,20H2. The predicted molar refractivity (Wildman–Crippen MR) is 85.1 cm³/mol. The molecule has 1 atom stereocenters. The Kier molecular flexibility index (Phi) is 3.82. The van der Waals surface area contributed by atoms with Gasteiger partial charge in [0, 0.05) is 16.5 Å². The second kappa shape index (κ2) is 5.59. The van der Waals surface area contributed by atoms with Crippen LogP contribution in [0.3, 0.4) is 0 Å². The second-order valence-electron chi connectivity index (χ2n) is 5.82. The third-order valence-corrected chi connectivity index (χ3v) is 4.88. The highest BCUT2D eigenvalue weighted by Gasteiger charge is 2.43. The van der Waals surface area contributed by atoms with Crippen molar-refractivity contribution >= 4 is 11.6 Å². The maximum absolute atomic E-state index is 6.59. The maximum atomic E-state index is 6.59. The van der Waals surface area contributed by atoms with Crippen LogP contribution in [0.5, 0.6) is 0 Å². The van der Waals surface area contributed by atoms with E-state index in [0.29, 0.717) is 0 Å². The third-order valence-electron chi connectivity index (χ3n) is 4.65. The van der Waals surface area contributed by atoms with Crippen LogP contribution in [-0.4, -0.2) is 6.04 Å². The van der Waals surface area contributed by atoms with Gasteiger partial charge in [-0.15, -0.1) is 0 Å². The van der Waals surface area contributed by atoms with Crippen molar-refractivity contribution in [1.29, 1.82) is 0 Å². The zero-order valence-corrected chi connectivity index (χ0v) is 12.3. The maximum Gasteiger partial charge on any atom is 0.0408 e. The van der Waals surface area contributed by atoms with Gasteiger partial charge in [0.1, 0.15) is 0 Å². The highest BCUT2D eigenvalue weighted by Crippen LogP contribution is 2.46. The normalized spacial score (nSPS) is 18.3. The minimum atomic E-state index is 0.150. The molecular weight excluding hydrogens is 266 g/mol. The van der Waals surface area contributed by atoms with E-state index in [1.54, 1.807) is 0 Å². The van der Waals surface area contributed by atoms with Crippen LogP contribution in [0.4, 0.5) is 0 Å².